The molecule has 0 spiro atoms. The summed E-state index contributed by atoms with van der Waals surface area (Å²) in [4.78, 5) is 46.2. The van der Waals surface area contributed by atoms with Crippen LogP contribution in [0.2, 0.25) is 0 Å². The first kappa shape index (κ1) is 45.8. The van der Waals surface area contributed by atoms with Gasteiger partial charge in [-0.25, -0.2) is 16.2 Å². The lowest BCUT2D eigenvalue weighted by Gasteiger charge is -2.36. The van der Waals surface area contributed by atoms with E-state index in [2.05, 4.69) is 73.2 Å². The Morgan fingerprint density at radius 1 is 0.985 bits per heavy atom. The van der Waals surface area contributed by atoms with Gasteiger partial charge in [0.15, 0.2) is 17.0 Å². The Morgan fingerprint density at radius 2 is 1.70 bits per heavy atom. The molecular formula is C47H56N13O6P. The lowest BCUT2D eigenvalue weighted by Crippen LogP contribution is -2.39. The fourth-order valence-electron chi connectivity index (χ4n) is 8.06. The van der Waals surface area contributed by atoms with Crippen LogP contribution in [0, 0.1) is 6.57 Å². The summed E-state index contributed by atoms with van der Waals surface area (Å²) in [6.07, 6.45) is 1.93. The van der Waals surface area contributed by atoms with Crippen LogP contribution >= 0.6 is 8.53 Å². The molecule has 2 aliphatic heterocycles. The van der Waals surface area contributed by atoms with E-state index in [9.17, 15) is 9.59 Å². The molecule has 20 heteroatoms. The number of imidazole rings is 1. The molecule has 2 amide bonds. The minimum atomic E-state index is -1.62. The minimum Gasteiger partial charge on any atom is -0.416 e. The molecule has 0 radical (unpaired) electrons. The summed E-state index contributed by atoms with van der Waals surface area (Å²) >= 11 is 0. The lowest BCUT2D eigenvalue weighted by atomic mass is 10.1. The number of anilines is 5. The number of piperidine rings is 1. The van der Waals surface area contributed by atoms with Gasteiger partial charge in [-0.15, -0.1) is 10.2 Å². The van der Waals surface area contributed by atoms with Crippen molar-refractivity contribution in [3.63, 3.8) is 0 Å². The van der Waals surface area contributed by atoms with Gasteiger partial charge in [0, 0.05) is 68.3 Å². The molecule has 3 aromatic carbocycles. The first-order valence-electron chi connectivity index (χ1n) is 23.0. The highest BCUT2D eigenvalue weighted by Gasteiger charge is 2.40. The van der Waals surface area contributed by atoms with Crippen LogP contribution in [-0.4, -0.2) is 103 Å². The molecule has 4 atom stereocenters. The minimum absolute atomic E-state index is 0.0532. The smallest absolute Gasteiger partial charge is 0.259 e. The van der Waals surface area contributed by atoms with Crippen LogP contribution in [0.15, 0.2) is 83.5 Å². The molecule has 2 saturated heterocycles. The van der Waals surface area contributed by atoms with E-state index in [-0.39, 0.29) is 67.3 Å². The molecule has 3 aromatic heterocycles. The number of nitrogens with two attached hydrogens (primary N) is 1. The van der Waals surface area contributed by atoms with E-state index in [4.69, 9.17) is 41.8 Å². The predicted octanol–water partition coefficient (Wildman–Crippen LogP) is 8.40. The summed E-state index contributed by atoms with van der Waals surface area (Å²) in [6.45, 7) is 19.0. The van der Waals surface area contributed by atoms with Crippen LogP contribution in [-0.2, 0) is 18.6 Å². The van der Waals surface area contributed by atoms with Crippen molar-refractivity contribution in [3.05, 3.63) is 96.1 Å². The van der Waals surface area contributed by atoms with Crippen molar-refractivity contribution in [2.75, 3.05) is 47.1 Å². The van der Waals surface area contributed by atoms with Crippen molar-refractivity contribution >= 4 is 60.3 Å². The quantitative estimate of drug-likeness (QED) is 0.0384. The Labute approximate surface area is 392 Å². The molecule has 5 N–H and O–H groups in total. The standard InChI is InChI=1S/C47H56N13O6P/c1-28(2)60(29(3)4)67(63-24-21-49-7)66-39-26-40(64-30(39)5)59-27-50-41-42(53-44(62)32-11-9-8-10-12-32)54-47(55-43(41)59)52-38-25-34(15-18-37(38)51-31(6)61)46-57-56-45(65-46)33-13-16-36(17-14-33)58-22-19-35(48)20-23-58/h8-18,25,27-30,35,39-40H,19-24,26,48H2,1-6H3,(H,51,61)(H2,52,53,54,55,62)/t30-,39?,40-,67?/m1/s1/i5D. The topological polar surface area (TPSA) is 217 Å². The number of aromatic nitrogens is 6. The highest BCUT2D eigenvalue weighted by molar-refractivity contribution is 7.44. The van der Waals surface area contributed by atoms with Gasteiger partial charge in [-0.05, 0) is 102 Å². The monoisotopic (exact) mass is 930 g/mol. The summed E-state index contributed by atoms with van der Waals surface area (Å²) < 4.78 is 37.9. The van der Waals surface area contributed by atoms with Crippen molar-refractivity contribution in [2.45, 2.75) is 97.3 Å². The van der Waals surface area contributed by atoms with Crippen molar-refractivity contribution in [3.8, 4) is 22.9 Å². The van der Waals surface area contributed by atoms with Crippen LogP contribution in [0.3, 0.4) is 0 Å². The van der Waals surface area contributed by atoms with Crippen LogP contribution in [0.4, 0.5) is 28.8 Å². The number of carbonyl (C=O) groups excluding carboxylic acids is 2. The SMILES string of the molecule is [2H]C[C@H]1O[C@@H](n2cnc3c(NC(=O)c4ccccc4)nc(Nc4cc(-c5nnc(-c6ccc(N7CCC(N)CC7)cc6)o5)ccc4NC(C)=O)nc32)CC1OP(OCC[N+]#[C-])N(C(C)C)C(C)C. The number of nitrogens with one attached hydrogen (secondary N) is 3. The lowest BCUT2D eigenvalue weighted by molar-refractivity contribution is -0.114. The number of carbonyl (C=O) groups is 2. The molecule has 5 heterocycles. The van der Waals surface area contributed by atoms with Crippen LogP contribution < -0.4 is 26.6 Å². The number of fused-ring (bicyclic) bond motifs is 1. The van der Waals surface area contributed by atoms with Crippen molar-refractivity contribution in [1.82, 2.24) is 34.4 Å². The molecule has 6 aromatic rings. The molecule has 2 aliphatic rings. The number of hydrogen-bond acceptors (Lipinski definition) is 15. The number of amides is 2. The zero-order chi connectivity index (χ0) is 47.9. The zero-order valence-corrected chi connectivity index (χ0v) is 39.0. The highest BCUT2D eigenvalue weighted by Crippen LogP contribution is 2.50. The second kappa shape index (κ2) is 21.1. The van der Waals surface area contributed by atoms with Gasteiger partial charge in [0.1, 0.15) is 12.8 Å². The maximum atomic E-state index is 13.6. The number of benzene rings is 3. The van der Waals surface area contributed by atoms with E-state index in [0.717, 1.165) is 37.2 Å². The largest absolute Gasteiger partial charge is 0.416 e. The van der Waals surface area contributed by atoms with E-state index in [0.29, 0.717) is 40.5 Å². The summed E-state index contributed by atoms with van der Waals surface area (Å²) in [5.74, 6) is 0.00805. The normalized spacial score (nSPS) is 18.4. The molecular weight excluding hydrogens is 874 g/mol. The van der Waals surface area contributed by atoms with Gasteiger partial charge in [0.25, 0.3) is 14.4 Å². The van der Waals surface area contributed by atoms with E-state index >= 15 is 0 Å². The van der Waals surface area contributed by atoms with Gasteiger partial charge in [-0.2, -0.15) is 9.97 Å². The predicted molar refractivity (Wildman–Crippen MR) is 257 cm³/mol. The van der Waals surface area contributed by atoms with Gasteiger partial charge < -0.3 is 49.6 Å². The van der Waals surface area contributed by atoms with Crippen LogP contribution in [0.1, 0.15) is 78.7 Å². The Kier molecular flexibility index (Phi) is 14.4. The molecule has 0 saturated carbocycles. The van der Waals surface area contributed by atoms with Gasteiger partial charge in [-0.1, -0.05) is 18.2 Å². The molecule has 19 nitrogen and oxygen atoms in total. The fourth-order valence-corrected chi connectivity index (χ4v) is 9.81. The number of rotatable bonds is 17. The molecule has 2 unspecified atom stereocenters. The van der Waals surface area contributed by atoms with E-state index < -0.39 is 32.9 Å². The number of nitrogens with zero attached hydrogens (tertiary/aromatic N) is 9. The van der Waals surface area contributed by atoms with E-state index in [1.54, 1.807) is 53.4 Å². The van der Waals surface area contributed by atoms with Gasteiger partial charge >= 0.3 is 0 Å². The Balaban J connectivity index is 1.11. The van der Waals surface area contributed by atoms with Gasteiger partial charge in [-0.3, -0.25) is 14.2 Å². The first-order valence-corrected chi connectivity index (χ1v) is 23.4. The Morgan fingerprint density at radius 3 is 2.39 bits per heavy atom. The summed E-state index contributed by atoms with van der Waals surface area (Å²) in [5, 5.41) is 17.8. The maximum Gasteiger partial charge on any atom is 0.259 e. The maximum absolute atomic E-state index is 13.6. The van der Waals surface area contributed by atoms with Gasteiger partial charge in [0.2, 0.25) is 30.2 Å². The molecule has 0 bridgehead atoms. The van der Waals surface area contributed by atoms with Crippen molar-refractivity contribution in [2.24, 2.45) is 5.73 Å². The van der Waals surface area contributed by atoms with E-state index in [1.165, 1.54) is 6.92 Å². The highest BCUT2D eigenvalue weighted by atomic mass is 31.2. The van der Waals surface area contributed by atoms with Crippen LogP contribution in [0.5, 0.6) is 0 Å². The summed E-state index contributed by atoms with van der Waals surface area (Å²) in [5.41, 5.74) is 10.3. The summed E-state index contributed by atoms with van der Waals surface area (Å²) in [7, 11) is -1.62. The third kappa shape index (κ3) is 11.1. The fraction of sp³-hybridized carbons (Fsp3) is 0.404. The number of ether oxygens (including phenoxy) is 1. The summed E-state index contributed by atoms with van der Waals surface area (Å²) in [6, 6.07) is 22.3. The zero-order valence-electron chi connectivity index (χ0n) is 39.1. The third-order valence-electron chi connectivity index (χ3n) is 11.3. The van der Waals surface area contributed by atoms with Crippen LogP contribution in [0.25, 0.3) is 38.9 Å². The van der Waals surface area contributed by atoms with Crippen molar-refractivity contribution in [1.29, 1.82) is 0 Å². The first-order chi connectivity index (χ1) is 32.9. The molecule has 8 rings (SSSR count). The third-order valence-corrected chi connectivity index (χ3v) is 13.5. The van der Waals surface area contributed by atoms with E-state index in [1.807, 2.05) is 30.3 Å². The second-order valence-electron chi connectivity index (χ2n) is 16.9. The van der Waals surface area contributed by atoms with Crippen molar-refractivity contribution < 1.29 is 29.2 Å². The number of hydrogen-bond donors (Lipinski definition) is 4. The molecule has 67 heavy (non-hydrogen) atoms. The Hall–Kier alpha value is -6.39. The molecule has 350 valence electrons. The Bertz CT molecular complexity index is 2720. The molecule has 2 fully saturated rings. The second-order valence-corrected chi connectivity index (χ2v) is 18.3. The average molecular weight is 931 g/mol. The van der Waals surface area contributed by atoms with Gasteiger partial charge in [0.05, 0.1) is 29.9 Å². The average Bonchev–Trinajstić information content (AvgIpc) is 4.09. The molecule has 0 aliphatic carbocycles.